The lowest BCUT2D eigenvalue weighted by atomic mass is 9.96. The van der Waals surface area contributed by atoms with Gasteiger partial charge in [0, 0.05) is 8.95 Å². The Hall–Kier alpha value is -2.49. The first-order chi connectivity index (χ1) is 15.8. The van der Waals surface area contributed by atoms with E-state index >= 15 is 0 Å². The van der Waals surface area contributed by atoms with Crippen molar-refractivity contribution in [1.29, 1.82) is 0 Å². The normalized spacial score (nSPS) is 15.8. The van der Waals surface area contributed by atoms with Gasteiger partial charge < -0.3 is 9.47 Å². The second-order valence-electron chi connectivity index (χ2n) is 7.24. The van der Waals surface area contributed by atoms with Gasteiger partial charge in [0.15, 0.2) is 4.80 Å². The van der Waals surface area contributed by atoms with Crippen LogP contribution < -0.4 is 19.6 Å². The van der Waals surface area contributed by atoms with E-state index in [-0.39, 0.29) is 12.2 Å². The average Bonchev–Trinajstić information content (AvgIpc) is 3.09. The molecule has 2 heterocycles. The number of aromatic nitrogens is 1. The second kappa shape index (κ2) is 9.79. The molecule has 1 aliphatic heterocycles. The average molecular weight is 592 g/mol. The number of esters is 1. The van der Waals surface area contributed by atoms with Crippen LogP contribution in [0.1, 0.15) is 31.0 Å². The van der Waals surface area contributed by atoms with Gasteiger partial charge in [0.1, 0.15) is 5.75 Å². The quantitative estimate of drug-likeness (QED) is 0.414. The second-order valence-corrected chi connectivity index (χ2v) is 10.0. The Bertz CT molecular complexity index is 1440. The first-order valence-electron chi connectivity index (χ1n) is 10.1. The number of halogens is 2. The lowest BCUT2D eigenvalue weighted by molar-refractivity contribution is -0.139. The molecule has 1 atom stereocenters. The van der Waals surface area contributed by atoms with Crippen LogP contribution in [-0.2, 0) is 9.53 Å². The maximum absolute atomic E-state index is 13.6. The minimum Gasteiger partial charge on any atom is -0.497 e. The Morgan fingerprint density at radius 3 is 2.61 bits per heavy atom. The molecule has 1 aliphatic rings. The lowest BCUT2D eigenvalue weighted by Crippen LogP contribution is -2.39. The van der Waals surface area contributed by atoms with Gasteiger partial charge in [-0.2, -0.15) is 0 Å². The molecule has 33 heavy (non-hydrogen) atoms. The van der Waals surface area contributed by atoms with Crippen LogP contribution in [0.25, 0.3) is 6.08 Å². The third-order valence-electron chi connectivity index (χ3n) is 5.19. The summed E-state index contributed by atoms with van der Waals surface area (Å²) in [6.45, 7) is 3.76. The Balaban J connectivity index is 1.96. The minimum absolute atomic E-state index is 0.226. The fraction of sp³-hybridized carbons (Fsp3) is 0.208. The fourth-order valence-electron chi connectivity index (χ4n) is 3.65. The van der Waals surface area contributed by atoms with Crippen molar-refractivity contribution in [1.82, 2.24) is 4.57 Å². The molecule has 6 nitrogen and oxygen atoms in total. The molecule has 4 rings (SSSR count). The molecular weight excluding hydrogens is 572 g/mol. The number of fused-ring (bicyclic) bond motifs is 1. The highest BCUT2D eigenvalue weighted by atomic mass is 79.9. The van der Waals surface area contributed by atoms with Gasteiger partial charge in [-0.1, -0.05) is 55.3 Å². The van der Waals surface area contributed by atoms with E-state index in [4.69, 9.17) is 9.47 Å². The van der Waals surface area contributed by atoms with Crippen molar-refractivity contribution in [2.75, 3.05) is 13.7 Å². The summed E-state index contributed by atoms with van der Waals surface area (Å²) in [4.78, 5) is 31.7. The third-order valence-corrected chi connectivity index (χ3v) is 7.43. The van der Waals surface area contributed by atoms with Crippen LogP contribution in [-0.4, -0.2) is 24.3 Å². The van der Waals surface area contributed by atoms with Gasteiger partial charge in [0.2, 0.25) is 0 Å². The summed E-state index contributed by atoms with van der Waals surface area (Å²) >= 11 is 8.27. The van der Waals surface area contributed by atoms with Crippen LogP contribution in [0.5, 0.6) is 5.75 Å². The maximum Gasteiger partial charge on any atom is 0.338 e. The zero-order valence-corrected chi connectivity index (χ0v) is 22.1. The van der Waals surface area contributed by atoms with Crippen LogP contribution in [0.3, 0.4) is 0 Å². The van der Waals surface area contributed by atoms with Gasteiger partial charge in [-0.3, -0.25) is 9.36 Å². The Labute approximate surface area is 211 Å². The number of ether oxygens (including phenoxy) is 2. The van der Waals surface area contributed by atoms with Gasteiger partial charge in [-0.15, -0.1) is 0 Å². The molecule has 0 saturated carbocycles. The van der Waals surface area contributed by atoms with Crippen molar-refractivity contribution in [3.05, 3.63) is 93.5 Å². The summed E-state index contributed by atoms with van der Waals surface area (Å²) in [7, 11) is 1.60. The van der Waals surface area contributed by atoms with Crippen molar-refractivity contribution in [2.45, 2.75) is 19.9 Å². The number of carbonyl (C=O) groups excluding carboxylic acids is 1. The predicted octanol–water partition coefficient (Wildman–Crippen LogP) is 4.33. The van der Waals surface area contributed by atoms with E-state index in [1.54, 1.807) is 31.6 Å². The number of benzene rings is 2. The van der Waals surface area contributed by atoms with E-state index < -0.39 is 12.0 Å². The molecule has 0 radical (unpaired) electrons. The Morgan fingerprint density at radius 2 is 1.94 bits per heavy atom. The van der Waals surface area contributed by atoms with Crippen molar-refractivity contribution in [2.24, 2.45) is 4.99 Å². The standard InChI is InChI=1S/C24H20Br2N2O4S/c1-4-32-23(30)20-13(2)27-24-28(21(20)14-5-7-16(25)8-6-14)22(29)19(33-24)12-15-11-17(31-3)9-10-18(15)26/h5-12,21H,4H2,1-3H3/b19-12-/t21-/m1/s1. The first-order valence-corrected chi connectivity index (χ1v) is 12.5. The van der Waals surface area contributed by atoms with Crippen LogP contribution in [0.4, 0.5) is 0 Å². The highest BCUT2D eigenvalue weighted by molar-refractivity contribution is 9.10. The number of hydrogen-bond acceptors (Lipinski definition) is 6. The van der Waals surface area contributed by atoms with Gasteiger partial charge in [-0.25, -0.2) is 9.79 Å². The molecule has 0 saturated heterocycles. The van der Waals surface area contributed by atoms with E-state index in [0.717, 1.165) is 20.1 Å². The van der Waals surface area contributed by atoms with Gasteiger partial charge >= 0.3 is 5.97 Å². The van der Waals surface area contributed by atoms with Crippen molar-refractivity contribution < 1.29 is 14.3 Å². The van der Waals surface area contributed by atoms with Gasteiger partial charge in [0.25, 0.3) is 5.56 Å². The number of hydrogen-bond donors (Lipinski definition) is 0. The molecule has 0 spiro atoms. The Kier molecular flexibility index (Phi) is 7.02. The van der Waals surface area contributed by atoms with Crippen molar-refractivity contribution in [3.8, 4) is 5.75 Å². The lowest BCUT2D eigenvalue weighted by Gasteiger charge is -2.24. The molecule has 0 amide bonds. The topological polar surface area (TPSA) is 69.9 Å². The van der Waals surface area contributed by atoms with Crippen LogP contribution >= 0.6 is 43.2 Å². The molecule has 170 valence electrons. The summed E-state index contributed by atoms with van der Waals surface area (Å²) in [5.41, 5.74) is 2.28. The summed E-state index contributed by atoms with van der Waals surface area (Å²) in [6.07, 6.45) is 1.80. The molecule has 1 aromatic heterocycles. The SMILES string of the molecule is CCOC(=O)C1=C(C)N=c2s/c(=C\c3cc(OC)ccc3Br)c(=O)n2[C@@H]1c1ccc(Br)cc1. The summed E-state index contributed by atoms with van der Waals surface area (Å²) < 4.78 is 14.5. The summed E-state index contributed by atoms with van der Waals surface area (Å²) in [5, 5.41) is 0. The van der Waals surface area contributed by atoms with Gasteiger partial charge in [0.05, 0.1) is 35.6 Å². The highest BCUT2D eigenvalue weighted by Crippen LogP contribution is 2.31. The van der Waals surface area contributed by atoms with Crippen molar-refractivity contribution >= 4 is 55.2 Å². The van der Waals surface area contributed by atoms with E-state index in [9.17, 15) is 9.59 Å². The monoisotopic (exact) mass is 590 g/mol. The zero-order valence-electron chi connectivity index (χ0n) is 18.1. The predicted molar refractivity (Wildman–Crippen MR) is 135 cm³/mol. The number of carbonyl (C=O) groups is 1. The number of methoxy groups -OCH3 is 1. The van der Waals surface area contributed by atoms with Crippen molar-refractivity contribution in [3.63, 3.8) is 0 Å². The van der Waals surface area contributed by atoms with Crippen LogP contribution in [0.15, 0.2) is 72.5 Å². The summed E-state index contributed by atoms with van der Waals surface area (Å²) in [5.74, 6) is 0.210. The molecule has 3 aromatic rings. The maximum atomic E-state index is 13.6. The molecule has 0 fully saturated rings. The smallest absolute Gasteiger partial charge is 0.338 e. The molecule has 0 N–H and O–H groups in total. The molecule has 0 unspecified atom stereocenters. The number of allylic oxidation sites excluding steroid dienone is 1. The summed E-state index contributed by atoms with van der Waals surface area (Å²) in [6, 6.07) is 12.5. The van der Waals surface area contributed by atoms with Crippen LogP contribution in [0.2, 0.25) is 0 Å². The van der Waals surface area contributed by atoms with E-state index in [0.29, 0.717) is 26.4 Å². The molecule has 9 heteroatoms. The molecule has 0 bridgehead atoms. The highest BCUT2D eigenvalue weighted by Gasteiger charge is 2.33. The van der Waals surface area contributed by atoms with E-state index in [1.807, 2.05) is 42.5 Å². The molecular formula is C24H20Br2N2O4S. The number of rotatable bonds is 5. The molecule has 2 aromatic carbocycles. The Morgan fingerprint density at radius 1 is 1.21 bits per heavy atom. The number of thiazole rings is 1. The minimum atomic E-state index is -0.635. The molecule has 0 aliphatic carbocycles. The third kappa shape index (κ3) is 4.62. The van der Waals surface area contributed by atoms with Crippen LogP contribution in [0, 0.1) is 0 Å². The fourth-order valence-corrected chi connectivity index (χ4v) is 5.32. The van der Waals surface area contributed by atoms with E-state index in [1.165, 1.54) is 11.3 Å². The van der Waals surface area contributed by atoms with E-state index in [2.05, 4.69) is 36.9 Å². The largest absolute Gasteiger partial charge is 0.497 e. The first kappa shape index (κ1) is 23.7. The van der Waals surface area contributed by atoms with Gasteiger partial charge in [-0.05, 0) is 61.4 Å². The number of nitrogens with zero attached hydrogens (tertiary/aromatic N) is 2. The zero-order chi connectivity index (χ0) is 23.7.